The molecule has 1 aromatic rings. The highest BCUT2D eigenvalue weighted by Crippen LogP contribution is 2.42. The highest BCUT2D eigenvalue weighted by atomic mass is 35.5. The maximum atomic E-state index is 13.5. The van der Waals surface area contributed by atoms with Crippen LogP contribution in [-0.4, -0.2) is 66.2 Å². The van der Waals surface area contributed by atoms with Crippen LogP contribution in [0.3, 0.4) is 0 Å². The molecule has 3 atom stereocenters. The van der Waals surface area contributed by atoms with Gasteiger partial charge in [-0.15, -0.1) is 0 Å². The van der Waals surface area contributed by atoms with Gasteiger partial charge in [-0.1, -0.05) is 29.3 Å². The molecule has 1 saturated heterocycles. The maximum Gasteiger partial charge on any atom is 0.352 e. The van der Waals surface area contributed by atoms with Crippen LogP contribution in [0.4, 0.5) is 0 Å². The second kappa shape index (κ2) is 8.78. The summed E-state index contributed by atoms with van der Waals surface area (Å²) in [4.78, 5) is 36.6. The fourth-order valence-corrected chi connectivity index (χ4v) is 6.40. The lowest BCUT2D eigenvalue weighted by Crippen LogP contribution is -2.72. The van der Waals surface area contributed by atoms with Gasteiger partial charge in [-0.05, 0) is 31.0 Å². The molecule has 1 N–H and O–H groups in total. The summed E-state index contributed by atoms with van der Waals surface area (Å²) in [6.07, 6.45) is -1.47. The van der Waals surface area contributed by atoms with E-state index in [9.17, 15) is 27.9 Å². The van der Waals surface area contributed by atoms with Crippen molar-refractivity contribution in [2.24, 2.45) is 0 Å². The maximum absolute atomic E-state index is 13.5. The number of carboxylic acid groups (broad SMARTS) is 1. The molecule has 0 spiro atoms. The summed E-state index contributed by atoms with van der Waals surface area (Å²) in [6.45, 7) is 2.17. The Bertz CT molecular complexity index is 1080. The Balaban J connectivity index is 2.16. The van der Waals surface area contributed by atoms with Gasteiger partial charge in [0.05, 0.1) is 15.3 Å². The summed E-state index contributed by atoms with van der Waals surface area (Å²) in [5, 5.41) is 7.40. The Labute approximate surface area is 188 Å². The number of rotatable bonds is 7. The molecule has 31 heavy (non-hydrogen) atoms. The first-order chi connectivity index (χ1) is 14.5. The van der Waals surface area contributed by atoms with Crippen LogP contribution in [0, 0.1) is 0 Å². The molecule has 0 radical (unpaired) electrons. The van der Waals surface area contributed by atoms with E-state index < -0.39 is 56.7 Å². The van der Waals surface area contributed by atoms with Crippen LogP contribution in [0.1, 0.15) is 19.4 Å². The molecule has 9 nitrogen and oxygen atoms in total. The number of hydrogen-bond donors (Lipinski definition) is 1. The van der Waals surface area contributed by atoms with E-state index in [1.165, 1.54) is 12.1 Å². The lowest BCUT2D eigenvalue weighted by Gasteiger charge is -2.50. The van der Waals surface area contributed by atoms with Gasteiger partial charge in [0, 0.05) is 19.1 Å². The van der Waals surface area contributed by atoms with Gasteiger partial charge in [0.2, 0.25) is 0 Å². The molecule has 0 aromatic heterocycles. The summed E-state index contributed by atoms with van der Waals surface area (Å²) >= 11 is 12.0. The molecule has 2 heterocycles. The Morgan fingerprint density at radius 1 is 1.23 bits per heavy atom. The first-order valence-electron chi connectivity index (χ1n) is 9.21. The molecule has 1 amide bonds. The largest absolute Gasteiger partial charge is 0.477 e. The van der Waals surface area contributed by atoms with E-state index in [2.05, 4.69) is 0 Å². The minimum absolute atomic E-state index is 0.0696. The summed E-state index contributed by atoms with van der Waals surface area (Å²) in [6, 6.07) is 4.53. The van der Waals surface area contributed by atoms with Crippen LogP contribution in [0.25, 0.3) is 0 Å². The number of β-lactam (4-membered cyclic amide) rings is 1. The number of sulfone groups is 1. The van der Waals surface area contributed by atoms with Gasteiger partial charge in [-0.3, -0.25) is 14.5 Å². The predicted molar refractivity (Wildman–Crippen MR) is 110 cm³/mol. The lowest BCUT2D eigenvalue weighted by molar-refractivity contribution is -0.165. The normalized spacial score (nSPS) is 24.5. The standard InChI is InChI=1S/C19H19Cl2NO8S/c1-3-29-16-17(24)22-15(19(25)26)11(8-30-9(2)23)14(31(27,28)18(16)22)7-10-4-5-12(20)13(21)6-10/h4-6,14,16,18H,3,7-8H2,1-2H3,(H,25,26)/t14?,16-,18+/m0/s1. The Kier molecular flexibility index (Phi) is 6.66. The fraction of sp³-hybridized carbons (Fsp3) is 0.421. The van der Waals surface area contributed by atoms with E-state index in [4.69, 9.17) is 32.7 Å². The third kappa shape index (κ3) is 4.17. The zero-order chi connectivity index (χ0) is 23.1. The first-order valence-corrected chi connectivity index (χ1v) is 11.6. The van der Waals surface area contributed by atoms with E-state index in [0.29, 0.717) is 10.5 Å². The van der Waals surface area contributed by atoms with Crippen molar-refractivity contribution in [1.29, 1.82) is 0 Å². The molecule has 168 valence electrons. The van der Waals surface area contributed by atoms with Crippen molar-refractivity contribution in [3.63, 3.8) is 0 Å². The van der Waals surface area contributed by atoms with Crippen LogP contribution in [0.15, 0.2) is 29.5 Å². The number of nitrogens with zero attached hydrogens (tertiary/aromatic N) is 1. The molecule has 1 aromatic carbocycles. The van der Waals surface area contributed by atoms with E-state index in [0.717, 1.165) is 6.92 Å². The zero-order valence-corrected chi connectivity index (χ0v) is 18.8. The van der Waals surface area contributed by atoms with Crippen molar-refractivity contribution >= 4 is 50.9 Å². The number of ether oxygens (including phenoxy) is 2. The van der Waals surface area contributed by atoms with Gasteiger partial charge in [-0.25, -0.2) is 13.2 Å². The molecule has 1 fully saturated rings. The number of amides is 1. The average Bonchev–Trinajstić information content (AvgIpc) is 2.68. The second-order valence-electron chi connectivity index (χ2n) is 6.96. The number of fused-ring (bicyclic) bond motifs is 1. The third-order valence-corrected chi connectivity index (χ3v) is 8.16. The van der Waals surface area contributed by atoms with Crippen molar-refractivity contribution in [3.05, 3.63) is 45.1 Å². The smallest absolute Gasteiger partial charge is 0.352 e. The quantitative estimate of drug-likeness (QED) is 0.451. The van der Waals surface area contributed by atoms with Gasteiger partial charge in [0.1, 0.15) is 12.3 Å². The van der Waals surface area contributed by atoms with Crippen LogP contribution in [0.2, 0.25) is 10.0 Å². The van der Waals surface area contributed by atoms with Crippen LogP contribution < -0.4 is 0 Å². The lowest BCUT2D eigenvalue weighted by atomic mass is 9.98. The molecule has 0 saturated carbocycles. The molecule has 1 unspecified atom stereocenters. The van der Waals surface area contributed by atoms with Crippen LogP contribution >= 0.6 is 23.2 Å². The molecule has 12 heteroatoms. The highest BCUT2D eigenvalue weighted by Gasteiger charge is 2.63. The highest BCUT2D eigenvalue weighted by molar-refractivity contribution is 7.93. The topological polar surface area (TPSA) is 127 Å². The number of esters is 1. The Morgan fingerprint density at radius 3 is 2.45 bits per heavy atom. The van der Waals surface area contributed by atoms with Crippen LogP contribution in [0.5, 0.6) is 0 Å². The third-order valence-electron chi connectivity index (χ3n) is 5.05. The SMILES string of the molecule is CCO[C@H]1C(=O)N2C(C(=O)O)=C(COC(C)=O)C(Cc3ccc(Cl)c(Cl)c3)S(=O)(=O)[C@H]12. The van der Waals surface area contributed by atoms with Crippen molar-refractivity contribution in [3.8, 4) is 0 Å². The first kappa shape index (κ1) is 23.5. The van der Waals surface area contributed by atoms with Gasteiger partial charge in [-0.2, -0.15) is 0 Å². The van der Waals surface area contributed by atoms with Gasteiger partial charge in [0.25, 0.3) is 5.91 Å². The number of carbonyl (C=O) groups is 3. The minimum Gasteiger partial charge on any atom is -0.477 e. The van der Waals surface area contributed by atoms with Gasteiger partial charge < -0.3 is 14.6 Å². The Morgan fingerprint density at radius 2 is 1.90 bits per heavy atom. The van der Waals surface area contributed by atoms with E-state index in [1.54, 1.807) is 13.0 Å². The van der Waals surface area contributed by atoms with Gasteiger partial charge in [0.15, 0.2) is 21.3 Å². The number of aliphatic carboxylic acids is 1. The number of carboxylic acids is 1. The number of benzene rings is 1. The molecular formula is C19H19Cl2NO8S. The van der Waals surface area contributed by atoms with E-state index >= 15 is 0 Å². The van der Waals surface area contributed by atoms with Crippen LogP contribution in [-0.2, 0) is 40.1 Å². The minimum atomic E-state index is -4.16. The van der Waals surface area contributed by atoms with E-state index in [-0.39, 0.29) is 28.6 Å². The summed E-state index contributed by atoms with van der Waals surface area (Å²) in [7, 11) is -4.16. The molecule has 3 rings (SSSR count). The molecule has 2 aliphatic rings. The molecule has 0 aliphatic carbocycles. The second-order valence-corrected chi connectivity index (χ2v) is 10.0. The number of hydrogen-bond acceptors (Lipinski definition) is 7. The summed E-state index contributed by atoms with van der Waals surface area (Å²) < 4.78 is 37.2. The monoisotopic (exact) mass is 491 g/mol. The van der Waals surface area contributed by atoms with Crippen molar-refractivity contribution in [2.75, 3.05) is 13.2 Å². The fourth-order valence-electron chi connectivity index (χ4n) is 3.70. The summed E-state index contributed by atoms with van der Waals surface area (Å²) in [5.41, 5.74) is -0.250. The number of carbonyl (C=O) groups excluding carboxylic acids is 2. The van der Waals surface area contributed by atoms with Crippen molar-refractivity contribution < 1.29 is 37.4 Å². The molecule has 0 bridgehead atoms. The predicted octanol–water partition coefficient (Wildman–Crippen LogP) is 1.81. The van der Waals surface area contributed by atoms with E-state index in [1.807, 2.05) is 0 Å². The summed E-state index contributed by atoms with van der Waals surface area (Å²) in [5.74, 6) is -3.02. The van der Waals surface area contributed by atoms with Crippen molar-refractivity contribution in [2.45, 2.75) is 37.0 Å². The van der Waals surface area contributed by atoms with Crippen molar-refractivity contribution in [1.82, 2.24) is 4.90 Å². The Hall–Kier alpha value is -2.14. The number of halogens is 2. The molecule has 2 aliphatic heterocycles. The average molecular weight is 492 g/mol. The molecular weight excluding hydrogens is 473 g/mol. The zero-order valence-electron chi connectivity index (χ0n) is 16.5. The van der Waals surface area contributed by atoms with Gasteiger partial charge >= 0.3 is 11.9 Å².